The summed E-state index contributed by atoms with van der Waals surface area (Å²) in [6.45, 7) is 1.73. The number of nitrogens with zero attached hydrogens (tertiary/aromatic N) is 3. The molecule has 0 aliphatic heterocycles. The van der Waals surface area contributed by atoms with Gasteiger partial charge in [-0.25, -0.2) is 18.7 Å². The number of halogens is 2. The molecule has 0 fully saturated rings. The Hall–Kier alpha value is -3.36. The minimum absolute atomic E-state index is 0.00329. The quantitative estimate of drug-likeness (QED) is 0.763. The number of nitrogens with one attached hydrogen (secondary N) is 2. The normalized spacial score (nSPS) is 10.5. The molecule has 0 radical (unpaired) electrons. The highest BCUT2D eigenvalue weighted by atomic mass is 19.1. The van der Waals surface area contributed by atoms with Crippen molar-refractivity contribution in [3.63, 3.8) is 0 Å². The summed E-state index contributed by atoms with van der Waals surface area (Å²) < 4.78 is 31.4. The second-order valence-corrected chi connectivity index (χ2v) is 4.81. The zero-order chi connectivity index (χ0) is 17.1. The van der Waals surface area contributed by atoms with Crippen molar-refractivity contribution in [3.8, 4) is 0 Å². The van der Waals surface area contributed by atoms with Crippen molar-refractivity contribution in [2.45, 2.75) is 6.92 Å². The third-order valence-electron chi connectivity index (χ3n) is 2.96. The van der Waals surface area contributed by atoms with E-state index in [-0.39, 0.29) is 11.4 Å². The van der Waals surface area contributed by atoms with E-state index in [9.17, 15) is 13.6 Å². The molecule has 0 atom stereocenters. The lowest BCUT2D eigenvalue weighted by Crippen LogP contribution is -2.15. The topological polar surface area (TPSA) is 92.9 Å². The molecular formula is C15H11F2N5O2. The summed E-state index contributed by atoms with van der Waals surface area (Å²) in [5.74, 6) is -0.945. The summed E-state index contributed by atoms with van der Waals surface area (Å²) in [6.07, 6.45) is 1.17. The maximum absolute atomic E-state index is 13.6. The minimum Gasteiger partial charge on any atom is -0.360 e. The summed E-state index contributed by atoms with van der Waals surface area (Å²) in [6, 6.07) is 5.85. The molecule has 0 saturated heterocycles. The van der Waals surface area contributed by atoms with Gasteiger partial charge in [0.05, 0.1) is 5.69 Å². The maximum atomic E-state index is 13.6. The second-order valence-electron chi connectivity index (χ2n) is 4.81. The molecule has 0 aliphatic carbocycles. The predicted octanol–water partition coefficient (Wildman–Crippen LogP) is 3.05. The van der Waals surface area contributed by atoms with Crippen LogP contribution in [0.4, 0.5) is 26.1 Å². The van der Waals surface area contributed by atoms with Crippen LogP contribution in [0.2, 0.25) is 0 Å². The number of aromatic nitrogens is 3. The Morgan fingerprint density at radius 1 is 1.12 bits per heavy atom. The zero-order valence-electron chi connectivity index (χ0n) is 12.4. The highest BCUT2D eigenvalue weighted by Crippen LogP contribution is 2.17. The van der Waals surface area contributed by atoms with Gasteiger partial charge >= 0.3 is 0 Å². The summed E-state index contributed by atoms with van der Waals surface area (Å²) in [4.78, 5) is 19.9. The summed E-state index contributed by atoms with van der Waals surface area (Å²) in [7, 11) is 0. The molecule has 0 aliphatic rings. The first kappa shape index (κ1) is 15.5. The Balaban J connectivity index is 1.76. The standard InChI is InChI=1S/C15H11F2N5O2/c1-8-4-14(22-24-8)21-13-6-12(18-7-19-13)15(23)20-11-3-2-9(16)5-10(11)17/h2-7H,1H3,(H,20,23)(H,18,19,21,22). The third-order valence-corrected chi connectivity index (χ3v) is 2.96. The molecule has 9 heteroatoms. The lowest BCUT2D eigenvalue weighted by atomic mass is 10.2. The van der Waals surface area contributed by atoms with Gasteiger partial charge in [-0.1, -0.05) is 5.16 Å². The fourth-order valence-electron chi connectivity index (χ4n) is 1.88. The number of carbonyl (C=O) groups is 1. The van der Waals surface area contributed by atoms with Crippen molar-refractivity contribution in [2.75, 3.05) is 10.6 Å². The first-order valence-corrected chi connectivity index (χ1v) is 6.80. The van der Waals surface area contributed by atoms with Gasteiger partial charge in [0.1, 0.15) is 35.2 Å². The summed E-state index contributed by atoms with van der Waals surface area (Å²) in [5, 5.41) is 8.90. The number of amides is 1. The summed E-state index contributed by atoms with van der Waals surface area (Å²) >= 11 is 0. The second kappa shape index (κ2) is 6.41. The molecule has 2 aromatic heterocycles. The summed E-state index contributed by atoms with van der Waals surface area (Å²) in [5.41, 5.74) is -0.155. The van der Waals surface area contributed by atoms with E-state index in [1.54, 1.807) is 13.0 Å². The molecule has 2 N–H and O–H groups in total. The molecule has 0 saturated carbocycles. The molecule has 1 aromatic carbocycles. The van der Waals surface area contributed by atoms with E-state index in [1.165, 1.54) is 12.4 Å². The van der Waals surface area contributed by atoms with Crippen molar-refractivity contribution in [3.05, 3.63) is 59.7 Å². The lowest BCUT2D eigenvalue weighted by molar-refractivity contribution is 0.102. The SMILES string of the molecule is Cc1cc(Nc2cc(C(=O)Nc3ccc(F)cc3F)ncn2)no1. The van der Waals surface area contributed by atoms with Crippen LogP contribution in [0, 0.1) is 18.6 Å². The third kappa shape index (κ3) is 3.51. The molecule has 0 spiro atoms. The zero-order valence-corrected chi connectivity index (χ0v) is 12.4. The number of aryl methyl sites for hydroxylation is 1. The number of anilines is 3. The van der Waals surface area contributed by atoms with Crippen molar-refractivity contribution >= 4 is 23.2 Å². The van der Waals surface area contributed by atoms with Crippen molar-refractivity contribution in [1.29, 1.82) is 0 Å². The first-order chi connectivity index (χ1) is 11.5. The Kier molecular flexibility index (Phi) is 4.15. The number of hydrogen-bond acceptors (Lipinski definition) is 6. The fraction of sp³-hybridized carbons (Fsp3) is 0.0667. The van der Waals surface area contributed by atoms with Crippen LogP contribution >= 0.6 is 0 Å². The molecule has 1 amide bonds. The molecule has 122 valence electrons. The molecular weight excluding hydrogens is 320 g/mol. The molecule has 2 heterocycles. The van der Waals surface area contributed by atoms with Crippen LogP contribution < -0.4 is 10.6 Å². The van der Waals surface area contributed by atoms with Gasteiger partial charge in [-0.3, -0.25) is 4.79 Å². The smallest absolute Gasteiger partial charge is 0.274 e. The van der Waals surface area contributed by atoms with E-state index >= 15 is 0 Å². The van der Waals surface area contributed by atoms with E-state index < -0.39 is 17.5 Å². The van der Waals surface area contributed by atoms with E-state index in [1.807, 2.05) is 0 Å². The molecule has 3 aromatic rings. The van der Waals surface area contributed by atoms with Crippen LogP contribution in [0.5, 0.6) is 0 Å². The number of benzene rings is 1. The number of rotatable bonds is 4. The van der Waals surface area contributed by atoms with E-state index in [0.717, 1.165) is 12.1 Å². The molecule has 24 heavy (non-hydrogen) atoms. The van der Waals surface area contributed by atoms with Crippen LogP contribution in [0.1, 0.15) is 16.2 Å². The largest absolute Gasteiger partial charge is 0.360 e. The van der Waals surface area contributed by atoms with E-state index in [0.29, 0.717) is 23.5 Å². The van der Waals surface area contributed by atoms with Gasteiger partial charge in [-0.15, -0.1) is 0 Å². The Bertz CT molecular complexity index is 897. The van der Waals surface area contributed by atoms with Crippen LogP contribution in [-0.4, -0.2) is 21.0 Å². The monoisotopic (exact) mass is 331 g/mol. The lowest BCUT2D eigenvalue weighted by Gasteiger charge is -2.07. The van der Waals surface area contributed by atoms with E-state index in [2.05, 4.69) is 25.8 Å². The van der Waals surface area contributed by atoms with Gasteiger partial charge in [0.25, 0.3) is 5.91 Å². The highest BCUT2D eigenvalue weighted by molar-refractivity contribution is 6.03. The number of hydrogen-bond donors (Lipinski definition) is 2. The van der Waals surface area contributed by atoms with Crippen LogP contribution in [0.25, 0.3) is 0 Å². The van der Waals surface area contributed by atoms with Gasteiger partial charge in [0, 0.05) is 18.2 Å². The van der Waals surface area contributed by atoms with Crippen LogP contribution in [0.3, 0.4) is 0 Å². The maximum Gasteiger partial charge on any atom is 0.274 e. The Morgan fingerprint density at radius 3 is 2.67 bits per heavy atom. The highest BCUT2D eigenvalue weighted by Gasteiger charge is 2.13. The van der Waals surface area contributed by atoms with Gasteiger partial charge < -0.3 is 15.2 Å². The van der Waals surface area contributed by atoms with Gasteiger partial charge in [0.2, 0.25) is 0 Å². The van der Waals surface area contributed by atoms with Gasteiger partial charge in [0.15, 0.2) is 5.82 Å². The van der Waals surface area contributed by atoms with Crippen molar-refractivity contribution in [2.24, 2.45) is 0 Å². The van der Waals surface area contributed by atoms with Crippen LogP contribution in [0.15, 0.2) is 41.2 Å². The molecule has 7 nitrogen and oxygen atoms in total. The molecule has 0 unspecified atom stereocenters. The average molecular weight is 331 g/mol. The van der Waals surface area contributed by atoms with Crippen molar-refractivity contribution < 1.29 is 18.1 Å². The molecule has 3 rings (SSSR count). The number of carbonyl (C=O) groups excluding carboxylic acids is 1. The average Bonchev–Trinajstić information content (AvgIpc) is 2.95. The van der Waals surface area contributed by atoms with E-state index in [4.69, 9.17) is 4.52 Å². The Morgan fingerprint density at radius 2 is 1.96 bits per heavy atom. The van der Waals surface area contributed by atoms with Crippen LogP contribution in [-0.2, 0) is 0 Å². The van der Waals surface area contributed by atoms with Gasteiger partial charge in [-0.2, -0.15) is 0 Å². The van der Waals surface area contributed by atoms with Gasteiger partial charge in [-0.05, 0) is 19.1 Å². The molecule has 0 bridgehead atoms. The predicted molar refractivity (Wildman–Crippen MR) is 80.9 cm³/mol. The fourth-order valence-corrected chi connectivity index (χ4v) is 1.88. The van der Waals surface area contributed by atoms with Crippen molar-refractivity contribution in [1.82, 2.24) is 15.1 Å². The first-order valence-electron chi connectivity index (χ1n) is 6.80. The Labute approximate surface area is 134 Å². The minimum atomic E-state index is -0.881.